The highest BCUT2D eigenvalue weighted by atomic mass is 16.7. The van der Waals surface area contributed by atoms with Crippen LogP contribution in [0.1, 0.15) is 132 Å². The number of carboxylic acids is 1. The summed E-state index contributed by atoms with van der Waals surface area (Å²) in [4.78, 5) is 66.0. The van der Waals surface area contributed by atoms with Gasteiger partial charge in [0.2, 0.25) is 18.3 Å². The van der Waals surface area contributed by atoms with Crippen molar-refractivity contribution in [3.8, 4) is 11.6 Å². The van der Waals surface area contributed by atoms with Crippen molar-refractivity contribution in [2.24, 2.45) is 27.6 Å². The number of nitrogens with zero attached hydrogens (tertiary/aromatic N) is 1. The summed E-state index contributed by atoms with van der Waals surface area (Å²) >= 11 is 0. The maximum atomic E-state index is 13.9. The molecule has 0 amide bonds. The number of carboxylic acid groups (broad SMARTS) is 1. The quantitative estimate of drug-likeness (QED) is 0.149. The second kappa shape index (κ2) is 18.5. The van der Waals surface area contributed by atoms with E-state index in [1.807, 2.05) is 13.8 Å². The Morgan fingerprint density at radius 2 is 1.28 bits per heavy atom. The summed E-state index contributed by atoms with van der Waals surface area (Å²) in [7, 11) is 0. The fourth-order valence-corrected chi connectivity index (χ4v) is 5.13. The zero-order valence-corrected chi connectivity index (χ0v) is 35.6. The van der Waals surface area contributed by atoms with Crippen molar-refractivity contribution < 1.29 is 67.7 Å². The predicted molar refractivity (Wildman–Crippen MR) is 212 cm³/mol. The molecule has 2 aromatic rings. The largest absolute Gasteiger partial charge is 0.493 e. The number of hydrogen-bond acceptors (Lipinski definition) is 13. The van der Waals surface area contributed by atoms with Gasteiger partial charge in [-0.05, 0) is 114 Å². The number of hydrogen-bond donors (Lipinski definition) is 2. The molecule has 1 aliphatic rings. The van der Waals surface area contributed by atoms with Gasteiger partial charge in [-0.25, -0.2) is 0 Å². The fourth-order valence-electron chi connectivity index (χ4n) is 5.13. The molecule has 15 heteroatoms. The zero-order chi connectivity index (χ0) is 47.0. The normalized spacial score (nSPS) is 21.7. The van der Waals surface area contributed by atoms with E-state index in [9.17, 15) is 29.1 Å². The molecule has 6 atom stereocenters. The van der Waals surface area contributed by atoms with Crippen LogP contribution in [0.25, 0.3) is 0 Å². The number of aromatic nitrogens is 2. The summed E-state index contributed by atoms with van der Waals surface area (Å²) in [5.41, 5.74) is -3.48. The molecule has 2 unspecified atom stereocenters. The van der Waals surface area contributed by atoms with E-state index in [0.29, 0.717) is 17.0 Å². The van der Waals surface area contributed by atoms with Gasteiger partial charge in [0.15, 0.2) is 12.2 Å². The number of benzene rings is 1. The van der Waals surface area contributed by atoms with E-state index in [0.717, 1.165) is 5.56 Å². The highest BCUT2D eigenvalue weighted by molar-refractivity contribution is 5.78. The molecule has 0 aliphatic carbocycles. The second-order valence-electron chi connectivity index (χ2n) is 17.9. The topological polar surface area (TPSA) is 199 Å². The van der Waals surface area contributed by atoms with Gasteiger partial charge in [0.25, 0.3) is 0 Å². The first-order chi connectivity index (χ1) is 28.7. The van der Waals surface area contributed by atoms with Gasteiger partial charge < -0.3 is 38.3 Å². The van der Waals surface area contributed by atoms with Crippen molar-refractivity contribution in [2.75, 3.05) is 13.2 Å². The van der Waals surface area contributed by atoms with Gasteiger partial charge in [0.1, 0.15) is 25.1 Å². The van der Waals surface area contributed by atoms with Gasteiger partial charge >= 0.3 is 29.8 Å². The van der Waals surface area contributed by atoms with Crippen molar-refractivity contribution in [3.05, 3.63) is 41.1 Å². The molecule has 2 N–H and O–H groups in total. The Hall–Kier alpha value is -4.66. The summed E-state index contributed by atoms with van der Waals surface area (Å²) in [5, 5.41) is 16.7. The minimum Gasteiger partial charge on any atom is -0.493 e. The van der Waals surface area contributed by atoms with Gasteiger partial charge in [-0.2, -0.15) is 0 Å². The SMILES string of the molecule is [2H]CC(C)(C)C(=O)OC[C@H]1OC(Oc2n[nH]c(C(C)C)c2Cc2ccc(OCC(C)C(=O)O)cc2)[C@H](OC(=O)C(C)(C)C[2H])[C@@H](OC(=O)C(C)(C)C[2H])[C@@H]1OC(=O)C(C)(C)C[2H]. The molecule has 1 aliphatic heterocycles. The third-order valence-electron chi connectivity index (χ3n) is 8.80. The summed E-state index contributed by atoms with van der Waals surface area (Å²) in [6, 6.07) is 6.97. The van der Waals surface area contributed by atoms with Crippen molar-refractivity contribution in [1.29, 1.82) is 0 Å². The lowest BCUT2D eigenvalue weighted by atomic mass is 9.93. The number of aromatic amines is 1. The lowest BCUT2D eigenvalue weighted by Gasteiger charge is -2.45. The van der Waals surface area contributed by atoms with Gasteiger partial charge in [-0.3, -0.25) is 29.1 Å². The van der Waals surface area contributed by atoms with E-state index in [1.54, 1.807) is 24.3 Å². The Morgan fingerprint density at radius 1 is 0.776 bits per heavy atom. The first kappa shape index (κ1) is 41.5. The number of H-pyrrole nitrogens is 1. The molecule has 0 saturated carbocycles. The van der Waals surface area contributed by atoms with E-state index in [1.165, 1.54) is 62.3 Å². The first-order valence-electron chi connectivity index (χ1n) is 21.9. The maximum absolute atomic E-state index is 13.9. The van der Waals surface area contributed by atoms with E-state index in [-0.39, 0.29) is 31.7 Å². The van der Waals surface area contributed by atoms with Crippen LogP contribution in [-0.4, -0.2) is 89.1 Å². The Balaban J connectivity index is 2.24. The monoisotopic (exact) mass is 820 g/mol. The van der Waals surface area contributed by atoms with Crippen LogP contribution in [0.2, 0.25) is 0 Å². The minimum atomic E-state index is -1.74. The summed E-state index contributed by atoms with van der Waals surface area (Å²) in [6.45, 7) is 15.0. The Labute approximate surface area is 347 Å². The fraction of sp³-hybridized carbons (Fsp3) is 0.674. The third-order valence-corrected chi connectivity index (χ3v) is 8.80. The molecule has 58 heavy (non-hydrogen) atoms. The van der Waals surface area contributed by atoms with Crippen LogP contribution in [0.3, 0.4) is 0 Å². The summed E-state index contributed by atoms with van der Waals surface area (Å²) in [6.07, 6.45) is -8.08. The highest BCUT2D eigenvalue weighted by Crippen LogP contribution is 2.37. The van der Waals surface area contributed by atoms with Gasteiger partial charge in [-0.15, -0.1) is 5.10 Å². The molecule has 324 valence electrons. The van der Waals surface area contributed by atoms with Crippen LogP contribution in [-0.2, 0) is 54.1 Å². The molecule has 0 spiro atoms. The molecule has 1 aromatic carbocycles. The molecule has 15 nitrogen and oxygen atoms in total. The standard InChI is InChI=1S/C43H64N2O13/c1-23(2)29-27(20-25-16-18-26(19-17-25)52-21-24(3)34(46)47)33(45-44-29)58-35-32(57-39(51)43(13,14)15)31(56-38(50)42(10,11)12)30(55-37(49)41(7,8)9)28(54-35)22-53-36(48)40(4,5)6/h16-19,23-24,28,30-32,35H,20-22H2,1-15H3,(H,44,45)(H,46,47)/t24?,28-,30-,31+,32-,35?/m1/s1/i4D,7D,10D,13D. The molecule has 1 saturated heterocycles. The molecular formula is C43H64N2O13. The van der Waals surface area contributed by atoms with Crippen LogP contribution in [0.4, 0.5) is 0 Å². The maximum Gasteiger partial charge on any atom is 0.311 e. The minimum absolute atomic E-state index is 0.0106. The van der Waals surface area contributed by atoms with Crippen LogP contribution in [0, 0.1) is 27.6 Å². The number of carbonyl (C=O) groups is 5. The van der Waals surface area contributed by atoms with E-state index in [2.05, 4.69) is 10.2 Å². The van der Waals surface area contributed by atoms with Gasteiger partial charge in [0, 0.05) is 23.2 Å². The van der Waals surface area contributed by atoms with Gasteiger partial charge in [-0.1, -0.05) is 26.0 Å². The van der Waals surface area contributed by atoms with Crippen LogP contribution in [0.5, 0.6) is 11.6 Å². The Kier molecular flexibility index (Phi) is 13.2. The van der Waals surface area contributed by atoms with E-state index < -0.39 is 115 Å². The zero-order valence-electron chi connectivity index (χ0n) is 39.6. The second-order valence-corrected chi connectivity index (χ2v) is 17.9. The van der Waals surface area contributed by atoms with Gasteiger partial charge in [0.05, 0.1) is 27.6 Å². The smallest absolute Gasteiger partial charge is 0.311 e. The van der Waals surface area contributed by atoms with Crippen molar-refractivity contribution >= 4 is 29.8 Å². The Bertz CT molecular complexity index is 1870. The molecule has 2 heterocycles. The molecule has 1 fully saturated rings. The number of ether oxygens (including phenoxy) is 7. The molecule has 0 radical (unpaired) electrons. The number of nitrogens with one attached hydrogen (secondary N) is 1. The molecular weight excluding hydrogens is 752 g/mol. The number of carbonyl (C=O) groups excluding carboxylic acids is 4. The van der Waals surface area contributed by atoms with Crippen molar-refractivity contribution in [1.82, 2.24) is 10.2 Å². The lowest BCUT2D eigenvalue weighted by Crippen LogP contribution is -2.65. The number of rotatable bonds is 14. The summed E-state index contributed by atoms with van der Waals surface area (Å²) < 4.78 is 74.4. The average molecular weight is 821 g/mol. The van der Waals surface area contributed by atoms with Crippen molar-refractivity contribution in [2.45, 2.75) is 147 Å². The van der Waals surface area contributed by atoms with E-state index in [4.69, 9.17) is 38.6 Å². The molecule has 1 aromatic heterocycles. The molecule has 0 bridgehead atoms. The van der Waals surface area contributed by atoms with Crippen molar-refractivity contribution in [3.63, 3.8) is 0 Å². The van der Waals surface area contributed by atoms with Crippen LogP contribution >= 0.6 is 0 Å². The average Bonchev–Trinajstić information content (AvgIpc) is 3.62. The number of aliphatic carboxylic acids is 1. The number of esters is 4. The first-order valence-corrected chi connectivity index (χ1v) is 19.1. The predicted octanol–water partition coefficient (Wildman–Crippen LogP) is 6.79. The lowest BCUT2D eigenvalue weighted by molar-refractivity contribution is -0.294. The third kappa shape index (κ3) is 12.9. The van der Waals surface area contributed by atoms with Crippen LogP contribution < -0.4 is 9.47 Å². The molecule has 3 rings (SSSR count). The Morgan fingerprint density at radius 3 is 1.78 bits per heavy atom. The summed E-state index contributed by atoms with van der Waals surface area (Å²) in [5.74, 6) is -4.93. The highest BCUT2D eigenvalue weighted by Gasteiger charge is 2.56. The van der Waals surface area contributed by atoms with Crippen LogP contribution in [0.15, 0.2) is 24.3 Å². The van der Waals surface area contributed by atoms with E-state index >= 15 is 0 Å².